The summed E-state index contributed by atoms with van der Waals surface area (Å²) in [5.41, 5.74) is 0.0952. The molecule has 1 rings (SSSR count). The van der Waals surface area contributed by atoms with Crippen molar-refractivity contribution in [2.45, 2.75) is 20.5 Å². The molecule has 82 valence electrons. The summed E-state index contributed by atoms with van der Waals surface area (Å²) >= 11 is 0. The van der Waals surface area contributed by atoms with Crippen molar-refractivity contribution in [1.82, 2.24) is 4.98 Å². The summed E-state index contributed by atoms with van der Waals surface area (Å²) in [5, 5.41) is 10.6. The molecule has 0 atom stereocenters. The summed E-state index contributed by atoms with van der Waals surface area (Å²) in [5.74, 6) is -0.646. The third kappa shape index (κ3) is 2.58. The van der Waals surface area contributed by atoms with E-state index in [4.69, 9.17) is 0 Å². The van der Waals surface area contributed by atoms with Crippen LogP contribution in [0.2, 0.25) is 0 Å². The molecule has 0 fully saturated rings. The Labute approximate surface area is 83.8 Å². The minimum Gasteiger partial charge on any atom is -0.411 e. The van der Waals surface area contributed by atoms with E-state index in [1.165, 1.54) is 19.9 Å². The Morgan fingerprint density at radius 3 is 2.60 bits per heavy atom. The van der Waals surface area contributed by atoms with E-state index in [1.807, 2.05) is 0 Å². The molecular formula is C8H8F2N2O3. The third-order valence-electron chi connectivity index (χ3n) is 1.66. The number of rotatable bonds is 3. The van der Waals surface area contributed by atoms with Gasteiger partial charge in [0, 0.05) is 11.3 Å². The Balaban J connectivity index is 3.27. The highest BCUT2D eigenvalue weighted by Crippen LogP contribution is 2.29. The first kappa shape index (κ1) is 11.3. The van der Waals surface area contributed by atoms with Crippen molar-refractivity contribution in [3.8, 4) is 5.88 Å². The fourth-order valence-corrected chi connectivity index (χ4v) is 1.18. The second-order valence-corrected chi connectivity index (χ2v) is 2.87. The molecule has 1 heterocycles. The Bertz CT molecular complexity index is 396. The average Bonchev–Trinajstić information content (AvgIpc) is 1.99. The predicted molar refractivity (Wildman–Crippen MR) is 47.0 cm³/mol. The van der Waals surface area contributed by atoms with Gasteiger partial charge in [0.05, 0.1) is 4.92 Å². The van der Waals surface area contributed by atoms with Crippen LogP contribution in [-0.2, 0) is 0 Å². The summed E-state index contributed by atoms with van der Waals surface area (Å²) in [6.07, 6.45) is 0. The molecule has 1 aromatic heterocycles. The molecule has 0 aliphatic rings. The van der Waals surface area contributed by atoms with E-state index < -0.39 is 23.1 Å². The molecule has 15 heavy (non-hydrogen) atoms. The van der Waals surface area contributed by atoms with Crippen molar-refractivity contribution in [1.29, 1.82) is 0 Å². The number of hydrogen-bond donors (Lipinski definition) is 0. The summed E-state index contributed by atoms with van der Waals surface area (Å²) in [4.78, 5) is 13.3. The van der Waals surface area contributed by atoms with Gasteiger partial charge in [0.1, 0.15) is 0 Å². The van der Waals surface area contributed by atoms with Gasteiger partial charge in [-0.15, -0.1) is 0 Å². The number of nitro groups is 1. The molecule has 7 heteroatoms. The molecule has 0 saturated carbocycles. The summed E-state index contributed by atoms with van der Waals surface area (Å²) in [6, 6.07) is 1.43. The predicted octanol–water partition coefficient (Wildman–Crippen LogP) is 2.21. The summed E-state index contributed by atoms with van der Waals surface area (Å²) < 4.78 is 27.9. The molecule has 0 aromatic carbocycles. The van der Waals surface area contributed by atoms with Crippen LogP contribution in [-0.4, -0.2) is 16.5 Å². The Hall–Kier alpha value is -1.79. The number of ether oxygens (including phenoxy) is 1. The number of aryl methyl sites for hydroxylation is 2. The number of pyridine rings is 1. The van der Waals surface area contributed by atoms with E-state index in [9.17, 15) is 18.9 Å². The lowest BCUT2D eigenvalue weighted by Crippen LogP contribution is -2.08. The van der Waals surface area contributed by atoms with E-state index in [1.54, 1.807) is 0 Å². The molecular weight excluding hydrogens is 210 g/mol. The van der Waals surface area contributed by atoms with Gasteiger partial charge in [0.15, 0.2) is 0 Å². The highest BCUT2D eigenvalue weighted by Gasteiger charge is 2.23. The minimum atomic E-state index is -3.13. The number of nitrogens with zero attached hydrogens (tertiary/aromatic N) is 2. The van der Waals surface area contributed by atoms with E-state index >= 15 is 0 Å². The molecule has 0 amide bonds. The third-order valence-corrected chi connectivity index (χ3v) is 1.66. The normalized spacial score (nSPS) is 10.5. The van der Waals surface area contributed by atoms with Crippen molar-refractivity contribution in [3.05, 3.63) is 27.4 Å². The summed E-state index contributed by atoms with van der Waals surface area (Å²) in [7, 11) is 0. The van der Waals surface area contributed by atoms with Gasteiger partial charge < -0.3 is 4.74 Å². The molecule has 0 radical (unpaired) electrons. The van der Waals surface area contributed by atoms with Crippen LogP contribution >= 0.6 is 0 Å². The largest absolute Gasteiger partial charge is 0.411 e. The standard InChI is InChI=1S/C8H8F2N2O3/c1-4-3-5(2)11-7(15-8(9)10)6(4)12(13)14/h3,8H,1-2H3. The number of alkyl halides is 2. The number of aromatic nitrogens is 1. The Morgan fingerprint density at radius 1 is 1.53 bits per heavy atom. The Kier molecular flexibility index (Phi) is 3.13. The second kappa shape index (κ2) is 4.16. The fourth-order valence-electron chi connectivity index (χ4n) is 1.18. The first-order chi connectivity index (χ1) is 6.91. The molecule has 0 aliphatic carbocycles. The lowest BCUT2D eigenvalue weighted by atomic mass is 10.2. The molecule has 5 nitrogen and oxygen atoms in total. The lowest BCUT2D eigenvalue weighted by molar-refractivity contribution is -0.387. The molecule has 0 unspecified atom stereocenters. The monoisotopic (exact) mass is 218 g/mol. The molecule has 0 saturated heterocycles. The molecule has 0 N–H and O–H groups in total. The number of hydrogen-bond acceptors (Lipinski definition) is 4. The van der Waals surface area contributed by atoms with Gasteiger partial charge >= 0.3 is 12.3 Å². The minimum absolute atomic E-state index is 0.239. The molecule has 0 spiro atoms. The SMILES string of the molecule is Cc1cc(C)c([N+](=O)[O-])c(OC(F)F)n1. The van der Waals surface area contributed by atoms with Crippen molar-refractivity contribution in [3.63, 3.8) is 0 Å². The van der Waals surface area contributed by atoms with Gasteiger partial charge in [-0.2, -0.15) is 8.78 Å². The van der Waals surface area contributed by atoms with Gasteiger partial charge in [-0.25, -0.2) is 4.98 Å². The van der Waals surface area contributed by atoms with Gasteiger partial charge in [-0.3, -0.25) is 10.1 Å². The van der Waals surface area contributed by atoms with Crippen molar-refractivity contribution in [2.75, 3.05) is 0 Å². The Morgan fingerprint density at radius 2 is 2.13 bits per heavy atom. The second-order valence-electron chi connectivity index (χ2n) is 2.87. The van der Waals surface area contributed by atoms with E-state index in [2.05, 4.69) is 9.72 Å². The number of halogens is 2. The van der Waals surface area contributed by atoms with Crippen molar-refractivity contribution in [2.24, 2.45) is 0 Å². The molecule has 0 aliphatic heterocycles. The van der Waals surface area contributed by atoms with Gasteiger partial charge in [0.2, 0.25) is 0 Å². The van der Waals surface area contributed by atoms with Crippen LogP contribution in [0.15, 0.2) is 6.07 Å². The van der Waals surface area contributed by atoms with Crippen LogP contribution in [0.25, 0.3) is 0 Å². The molecule has 1 aromatic rings. The van der Waals surface area contributed by atoms with Crippen LogP contribution in [0.5, 0.6) is 5.88 Å². The van der Waals surface area contributed by atoms with E-state index in [-0.39, 0.29) is 5.56 Å². The maximum absolute atomic E-state index is 11.9. The first-order valence-corrected chi connectivity index (χ1v) is 3.99. The average molecular weight is 218 g/mol. The van der Waals surface area contributed by atoms with Crippen molar-refractivity contribution >= 4 is 5.69 Å². The van der Waals surface area contributed by atoms with Crippen LogP contribution in [0.4, 0.5) is 14.5 Å². The highest BCUT2D eigenvalue weighted by atomic mass is 19.3. The quantitative estimate of drug-likeness (QED) is 0.576. The van der Waals surface area contributed by atoms with Crippen LogP contribution < -0.4 is 4.74 Å². The zero-order chi connectivity index (χ0) is 11.6. The van der Waals surface area contributed by atoms with Crippen LogP contribution in [0.3, 0.4) is 0 Å². The highest BCUT2D eigenvalue weighted by molar-refractivity contribution is 5.48. The maximum atomic E-state index is 11.9. The molecule has 0 bridgehead atoms. The van der Waals surface area contributed by atoms with E-state index in [0.29, 0.717) is 5.69 Å². The smallest absolute Gasteiger partial charge is 0.388 e. The van der Waals surface area contributed by atoms with Crippen molar-refractivity contribution < 1.29 is 18.4 Å². The topological polar surface area (TPSA) is 65.3 Å². The van der Waals surface area contributed by atoms with Gasteiger partial charge in [0.25, 0.3) is 5.88 Å². The summed E-state index contributed by atoms with van der Waals surface area (Å²) in [6.45, 7) is -0.155. The first-order valence-electron chi connectivity index (χ1n) is 3.99. The van der Waals surface area contributed by atoms with E-state index in [0.717, 1.165) is 0 Å². The van der Waals surface area contributed by atoms with Gasteiger partial charge in [-0.05, 0) is 19.9 Å². The van der Waals surface area contributed by atoms with Crippen LogP contribution in [0.1, 0.15) is 11.3 Å². The zero-order valence-electron chi connectivity index (χ0n) is 8.03. The zero-order valence-corrected chi connectivity index (χ0v) is 8.03. The van der Waals surface area contributed by atoms with Gasteiger partial charge in [-0.1, -0.05) is 0 Å². The fraction of sp³-hybridized carbons (Fsp3) is 0.375. The maximum Gasteiger partial charge on any atom is 0.388 e. The lowest BCUT2D eigenvalue weighted by Gasteiger charge is -2.06. The van der Waals surface area contributed by atoms with Crippen LogP contribution in [0, 0.1) is 24.0 Å².